The molecule has 6 heteroatoms. The topological polar surface area (TPSA) is 37.8 Å². The lowest BCUT2D eigenvalue weighted by atomic mass is 10.4. The third-order valence-electron chi connectivity index (χ3n) is 1.51. The lowest BCUT2D eigenvalue weighted by molar-refractivity contribution is -0.141. The number of nitrogens with one attached hydrogen (secondary N) is 1. The second-order valence-corrected chi connectivity index (χ2v) is 2.72. The van der Waals surface area contributed by atoms with E-state index >= 15 is 0 Å². The van der Waals surface area contributed by atoms with Crippen molar-refractivity contribution in [3.63, 3.8) is 0 Å². The van der Waals surface area contributed by atoms with Gasteiger partial charge in [-0.1, -0.05) is 13.0 Å². The standard InChI is InChI=1S/C9H10F3N3/c1-2-3-5-13-8-14-6-4-7(15-8)9(10,11)12/h3-6H,2H2,1H3,(H,13,14,15)/b5-3+. The van der Waals surface area contributed by atoms with E-state index in [4.69, 9.17) is 0 Å². The normalized spacial score (nSPS) is 12.0. The Morgan fingerprint density at radius 3 is 2.80 bits per heavy atom. The van der Waals surface area contributed by atoms with Gasteiger partial charge in [-0.3, -0.25) is 0 Å². The monoisotopic (exact) mass is 217 g/mol. The second-order valence-electron chi connectivity index (χ2n) is 2.72. The van der Waals surface area contributed by atoms with E-state index in [1.807, 2.05) is 6.92 Å². The zero-order chi connectivity index (χ0) is 11.3. The zero-order valence-electron chi connectivity index (χ0n) is 8.04. The van der Waals surface area contributed by atoms with Gasteiger partial charge in [-0.2, -0.15) is 13.2 Å². The number of alkyl halides is 3. The average molecular weight is 217 g/mol. The zero-order valence-corrected chi connectivity index (χ0v) is 8.04. The maximum Gasteiger partial charge on any atom is 0.433 e. The minimum absolute atomic E-state index is 0.0606. The maximum atomic E-state index is 12.2. The molecule has 0 atom stereocenters. The Balaban J connectivity index is 2.79. The van der Waals surface area contributed by atoms with Crippen LogP contribution in [0, 0.1) is 0 Å². The van der Waals surface area contributed by atoms with Gasteiger partial charge in [0.2, 0.25) is 5.95 Å². The predicted molar refractivity (Wildman–Crippen MR) is 50.1 cm³/mol. The van der Waals surface area contributed by atoms with Gasteiger partial charge in [-0.05, 0) is 18.7 Å². The molecule has 1 aromatic rings. The molecule has 0 unspecified atom stereocenters. The largest absolute Gasteiger partial charge is 0.433 e. The van der Waals surface area contributed by atoms with Gasteiger partial charge in [-0.25, -0.2) is 9.97 Å². The molecule has 0 amide bonds. The van der Waals surface area contributed by atoms with E-state index in [0.29, 0.717) is 0 Å². The molecule has 1 aromatic heterocycles. The van der Waals surface area contributed by atoms with Crippen molar-refractivity contribution in [2.75, 3.05) is 5.32 Å². The third-order valence-corrected chi connectivity index (χ3v) is 1.51. The summed E-state index contributed by atoms with van der Waals surface area (Å²) in [4.78, 5) is 6.97. The molecule has 1 rings (SSSR count). The van der Waals surface area contributed by atoms with Crippen molar-refractivity contribution in [2.24, 2.45) is 0 Å². The fourth-order valence-electron chi connectivity index (χ4n) is 0.837. The van der Waals surface area contributed by atoms with E-state index in [9.17, 15) is 13.2 Å². The number of rotatable bonds is 3. The number of hydrogen-bond donors (Lipinski definition) is 1. The number of anilines is 1. The van der Waals surface area contributed by atoms with E-state index < -0.39 is 11.9 Å². The van der Waals surface area contributed by atoms with E-state index in [0.717, 1.165) is 18.7 Å². The number of hydrogen-bond acceptors (Lipinski definition) is 3. The van der Waals surface area contributed by atoms with Crippen molar-refractivity contribution in [3.05, 3.63) is 30.2 Å². The maximum absolute atomic E-state index is 12.2. The van der Waals surface area contributed by atoms with Gasteiger partial charge in [0.25, 0.3) is 0 Å². The van der Waals surface area contributed by atoms with Crippen molar-refractivity contribution >= 4 is 5.95 Å². The molecule has 0 aliphatic carbocycles. The van der Waals surface area contributed by atoms with Crippen LogP contribution in [0.3, 0.4) is 0 Å². The van der Waals surface area contributed by atoms with E-state index in [1.165, 1.54) is 6.20 Å². The summed E-state index contributed by atoms with van der Waals surface area (Å²) in [6.07, 6.45) is 0.677. The third kappa shape index (κ3) is 3.57. The number of nitrogens with zero attached hydrogens (tertiary/aromatic N) is 2. The molecule has 0 aliphatic heterocycles. The van der Waals surface area contributed by atoms with Gasteiger partial charge in [0, 0.05) is 6.20 Å². The smallest absolute Gasteiger partial charge is 0.331 e. The minimum Gasteiger partial charge on any atom is -0.331 e. The predicted octanol–water partition coefficient (Wildman–Crippen LogP) is 2.83. The Labute approximate surface area is 85.1 Å². The van der Waals surface area contributed by atoms with Crippen molar-refractivity contribution in [3.8, 4) is 0 Å². The number of aromatic nitrogens is 2. The van der Waals surface area contributed by atoms with Crippen LogP contribution in [0.4, 0.5) is 19.1 Å². The highest BCUT2D eigenvalue weighted by atomic mass is 19.4. The first-order valence-corrected chi connectivity index (χ1v) is 4.36. The van der Waals surface area contributed by atoms with E-state index in [2.05, 4.69) is 15.3 Å². The van der Waals surface area contributed by atoms with Crippen LogP contribution < -0.4 is 5.32 Å². The van der Waals surface area contributed by atoms with Gasteiger partial charge >= 0.3 is 6.18 Å². The van der Waals surface area contributed by atoms with Crippen molar-refractivity contribution in [1.29, 1.82) is 0 Å². The Morgan fingerprint density at radius 1 is 1.47 bits per heavy atom. The van der Waals surface area contributed by atoms with Crippen molar-refractivity contribution in [2.45, 2.75) is 19.5 Å². The minimum atomic E-state index is -4.44. The van der Waals surface area contributed by atoms with E-state index in [1.54, 1.807) is 6.08 Å². The molecule has 15 heavy (non-hydrogen) atoms. The van der Waals surface area contributed by atoms with Gasteiger partial charge < -0.3 is 5.32 Å². The van der Waals surface area contributed by atoms with Crippen LogP contribution in [0.15, 0.2) is 24.5 Å². The summed E-state index contributed by atoms with van der Waals surface area (Å²) < 4.78 is 36.7. The second kappa shape index (κ2) is 4.77. The molecule has 0 saturated carbocycles. The number of halogens is 3. The molecule has 0 spiro atoms. The molecule has 3 nitrogen and oxygen atoms in total. The molecule has 0 saturated heterocycles. The molecule has 0 bridgehead atoms. The highest BCUT2D eigenvalue weighted by molar-refractivity contribution is 5.29. The first kappa shape index (κ1) is 11.5. The first-order valence-electron chi connectivity index (χ1n) is 4.36. The first-order chi connectivity index (χ1) is 7.04. The fourth-order valence-corrected chi connectivity index (χ4v) is 0.837. The van der Waals surface area contributed by atoms with Crippen molar-refractivity contribution < 1.29 is 13.2 Å². The summed E-state index contributed by atoms with van der Waals surface area (Å²) in [5.41, 5.74) is -0.954. The van der Waals surface area contributed by atoms with Crippen LogP contribution in [0.25, 0.3) is 0 Å². The molecule has 0 radical (unpaired) electrons. The molecule has 0 aromatic carbocycles. The van der Waals surface area contributed by atoms with Crippen LogP contribution in [-0.4, -0.2) is 9.97 Å². The molecule has 0 fully saturated rings. The van der Waals surface area contributed by atoms with E-state index in [-0.39, 0.29) is 5.95 Å². The Hall–Kier alpha value is -1.59. The van der Waals surface area contributed by atoms with Crippen LogP contribution in [0.5, 0.6) is 0 Å². The lowest BCUT2D eigenvalue weighted by Crippen LogP contribution is -2.09. The van der Waals surface area contributed by atoms with Crippen LogP contribution in [-0.2, 0) is 6.18 Å². The van der Waals surface area contributed by atoms with Gasteiger partial charge in [0.05, 0.1) is 0 Å². The van der Waals surface area contributed by atoms with Crippen LogP contribution in [0.1, 0.15) is 19.0 Å². The molecule has 0 aliphatic rings. The van der Waals surface area contributed by atoms with Gasteiger partial charge in [0.1, 0.15) is 5.69 Å². The summed E-state index contributed by atoms with van der Waals surface area (Å²) in [7, 11) is 0. The summed E-state index contributed by atoms with van der Waals surface area (Å²) in [5.74, 6) is -0.0606. The summed E-state index contributed by atoms with van der Waals surface area (Å²) in [5, 5.41) is 2.56. The molecular weight excluding hydrogens is 207 g/mol. The average Bonchev–Trinajstić information content (AvgIpc) is 2.17. The highest BCUT2D eigenvalue weighted by Gasteiger charge is 2.32. The van der Waals surface area contributed by atoms with Gasteiger partial charge in [0.15, 0.2) is 0 Å². The Kier molecular flexibility index (Phi) is 3.65. The molecule has 1 N–H and O–H groups in total. The van der Waals surface area contributed by atoms with Crippen LogP contribution in [0.2, 0.25) is 0 Å². The number of allylic oxidation sites excluding steroid dienone is 1. The molecule has 82 valence electrons. The SMILES string of the molecule is CC/C=C/Nc1nccc(C(F)(F)F)n1. The summed E-state index contributed by atoms with van der Waals surface area (Å²) >= 11 is 0. The summed E-state index contributed by atoms with van der Waals surface area (Å²) in [6, 6.07) is 0.828. The fraction of sp³-hybridized carbons (Fsp3) is 0.333. The summed E-state index contributed by atoms with van der Waals surface area (Å²) in [6.45, 7) is 1.91. The quantitative estimate of drug-likeness (QED) is 0.845. The van der Waals surface area contributed by atoms with Crippen molar-refractivity contribution in [1.82, 2.24) is 9.97 Å². The van der Waals surface area contributed by atoms with Crippen LogP contribution >= 0.6 is 0 Å². The Bertz CT molecular complexity index is 347. The highest BCUT2D eigenvalue weighted by Crippen LogP contribution is 2.27. The lowest BCUT2D eigenvalue weighted by Gasteiger charge is -2.06. The Morgan fingerprint density at radius 2 is 2.20 bits per heavy atom. The molecule has 1 heterocycles. The molecular formula is C9H10F3N3. The van der Waals surface area contributed by atoms with Gasteiger partial charge in [-0.15, -0.1) is 0 Å².